The molecule has 0 aliphatic carbocycles. The van der Waals surface area contributed by atoms with Gasteiger partial charge in [-0.3, -0.25) is 4.79 Å². The Morgan fingerprint density at radius 2 is 1.90 bits per heavy atom. The number of benzene rings is 2. The number of fused-ring (bicyclic) bond motifs is 1. The van der Waals surface area contributed by atoms with Gasteiger partial charge < -0.3 is 5.32 Å². The van der Waals surface area contributed by atoms with E-state index in [1.807, 2.05) is 32.0 Å². The van der Waals surface area contributed by atoms with Gasteiger partial charge in [-0.2, -0.15) is 4.31 Å². The Kier molecular flexibility index (Phi) is 5.90. The lowest BCUT2D eigenvalue weighted by Crippen LogP contribution is -2.41. The molecular weight excluding hydrogens is 440 g/mol. The molecule has 1 saturated heterocycles. The molecule has 1 aromatic heterocycles. The van der Waals surface area contributed by atoms with Gasteiger partial charge >= 0.3 is 0 Å². The molecule has 8 heteroatoms. The molecular formula is C22H23ClN2O3S2. The Morgan fingerprint density at radius 1 is 1.17 bits per heavy atom. The molecule has 1 N–H and O–H groups in total. The Labute approximate surface area is 185 Å². The van der Waals surface area contributed by atoms with Crippen LogP contribution in [0.25, 0.3) is 10.1 Å². The van der Waals surface area contributed by atoms with E-state index in [2.05, 4.69) is 5.32 Å². The summed E-state index contributed by atoms with van der Waals surface area (Å²) in [5.74, 6) is -0.306. The van der Waals surface area contributed by atoms with Crippen molar-refractivity contribution in [3.63, 3.8) is 0 Å². The molecule has 0 unspecified atom stereocenters. The maximum atomic E-state index is 12.9. The zero-order chi connectivity index (χ0) is 21.5. The number of rotatable bonds is 4. The predicted octanol–water partition coefficient (Wildman–Crippen LogP) is 5.68. The average Bonchev–Trinajstić information content (AvgIpc) is 3.04. The quantitative estimate of drug-likeness (QED) is 0.542. The van der Waals surface area contributed by atoms with Gasteiger partial charge in [-0.05, 0) is 62.6 Å². The van der Waals surface area contributed by atoms with E-state index in [-0.39, 0.29) is 16.8 Å². The fraction of sp³-hybridized carbons (Fsp3) is 0.318. The zero-order valence-electron chi connectivity index (χ0n) is 16.8. The molecule has 4 rings (SSSR count). The summed E-state index contributed by atoms with van der Waals surface area (Å²) >= 11 is 7.77. The van der Waals surface area contributed by atoms with E-state index in [4.69, 9.17) is 11.6 Å². The van der Waals surface area contributed by atoms with Crippen LogP contribution in [-0.4, -0.2) is 31.2 Å². The van der Waals surface area contributed by atoms with Crippen molar-refractivity contribution in [1.82, 2.24) is 4.31 Å². The number of anilines is 1. The zero-order valence-corrected chi connectivity index (χ0v) is 19.2. The summed E-state index contributed by atoms with van der Waals surface area (Å²) in [6.07, 6.45) is 2.81. The molecule has 158 valence electrons. The highest BCUT2D eigenvalue weighted by Gasteiger charge is 2.30. The molecule has 1 aliphatic rings. The van der Waals surface area contributed by atoms with Gasteiger partial charge in [0.2, 0.25) is 10.0 Å². The van der Waals surface area contributed by atoms with Crippen LogP contribution in [0, 0.1) is 6.92 Å². The lowest BCUT2D eigenvalue weighted by atomic mass is 10.1. The second kappa shape index (κ2) is 8.30. The van der Waals surface area contributed by atoms with E-state index in [0.717, 1.165) is 34.9 Å². The number of sulfonamides is 1. The van der Waals surface area contributed by atoms with E-state index >= 15 is 0 Å². The van der Waals surface area contributed by atoms with Crippen LogP contribution in [0.15, 0.2) is 47.4 Å². The van der Waals surface area contributed by atoms with Gasteiger partial charge in [-0.25, -0.2) is 8.42 Å². The standard InChI is InChI=1S/C22H23ClN2O3S2/c1-14-6-11-18-19(13-14)29-21(20(18)23)22(26)24-16-7-9-17(10-8-16)30(27,28)25-12-4-3-5-15(25)2/h6-11,13,15H,3-5,12H2,1-2H3,(H,24,26)/t15-/m0/s1. The molecule has 2 aromatic carbocycles. The third-order valence-corrected chi connectivity index (χ3v) is 9.14. The first-order valence-electron chi connectivity index (χ1n) is 9.89. The molecule has 3 aromatic rings. The van der Waals surface area contributed by atoms with E-state index in [1.54, 1.807) is 28.6 Å². The van der Waals surface area contributed by atoms with Crippen molar-refractivity contribution in [3.05, 3.63) is 57.9 Å². The first-order valence-corrected chi connectivity index (χ1v) is 12.5. The number of carbonyl (C=O) groups is 1. The minimum atomic E-state index is -3.54. The van der Waals surface area contributed by atoms with E-state index < -0.39 is 10.0 Å². The van der Waals surface area contributed by atoms with Gasteiger partial charge in [0.1, 0.15) is 4.88 Å². The molecule has 1 fully saturated rings. The van der Waals surface area contributed by atoms with Crippen molar-refractivity contribution in [1.29, 1.82) is 0 Å². The van der Waals surface area contributed by atoms with Gasteiger partial charge in [-0.15, -0.1) is 11.3 Å². The fourth-order valence-electron chi connectivity index (χ4n) is 3.78. The largest absolute Gasteiger partial charge is 0.321 e. The lowest BCUT2D eigenvalue weighted by Gasteiger charge is -2.32. The molecule has 5 nitrogen and oxygen atoms in total. The normalized spacial score (nSPS) is 17.9. The summed E-state index contributed by atoms with van der Waals surface area (Å²) in [7, 11) is -3.54. The second-order valence-corrected chi connectivity index (χ2v) is 11.0. The number of amides is 1. The number of piperidine rings is 1. The highest BCUT2D eigenvalue weighted by molar-refractivity contribution is 7.89. The maximum absolute atomic E-state index is 12.9. The van der Waals surface area contributed by atoms with Crippen LogP contribution in [0.2, 0.25) is 5.02 Å². The van der Waals surface area contributed by atoms with Crippen LogP contribution in [-0.2, 0) is 10.0 Å². The van der Waals surface area contributed by atoms with Gasteiger partial charge in [-0.1, -0.05) is 30.2 Å². The van der Waals surface area contributed by atoms with Crippen LogP contribution >= 0.6 is 22.9 Å². The second-order valence-electron chi connectivity index (χ2n) is 7.68. The number of hydrogen-bond donors (Lipinski definition) is 1. The average molecular weight is 463 g/mol. The molecule has 30 heavy (non-hydrogen) atoms. The predicted molar refractivity (Wildman–Crippen MR) is 123 cm³/mol. The molecule has 0 spiro atoms. The monoisotopic (exact) mass is 462 g/mol. The summed E-state index contributed by atoms with van der Waals surface area (Å²) in [5, 5.41) is 4.11. The number of halogens is 1. The summed E-state index contributed by atoms with van der Waals surface area (Å²) in [6.45, 7) is 4.49. The van der Waals surface area contributed by atoms with Crippen LogP contribution in [0.1, 0.15) is 41.4 Å². The minimum Gasteiger partial charge on any atom is -0.321 e. The molecule has 1 aliphatic heterocycles. The SMILES string of the molecule is Cc1ccc2c(Cl)c(C(=O)Nc3ccc(S(=O)(=O)N4CCCC[C@@H]4C)cc3)sc2c1. The number of nitrogens with one attached hydrogen (secondary N) is 1. The topological polar surface area (TPSA) is 66.5 Å². The highest BCUT2D eigenvalue weighted by atomic mass is 35.5. The number of aryl methyl sites for hydroxylation is 1. The first kappa shape index (κ1) is 21.3. The highest BCUT2D eigenvalue weighted by Crippen LogP contribution is 2.36. The molecule has 1 atom stereocenters. The number of hydrogen-bond acceptors (Lipinski definition) is 4. The van der Waals surface area contributed by atoms with Crippen molar-refractivity contribution >= 4 is 54.6 Å². The number of carbonyl (C=O) groups excluding carboxylic acids is 1. The Bertz CT molecular complexity index is 1200. The van der Waals surface area contributed by atoms with Crippen molar-refractivity contribution in [2.45, 2.75) is 44.0 Å². The summed E-state index contributed by atoms with van der Waals surface area (Å²) in [4.78, 5) is 13.4. The Hall–Kier alpha value is -1.93. The summed E-state index contributed by atoms with van der Waals surface area (Å²) in [5.41, 5.74) is 1.63. The summed E-state index contributed by atoms with van der Waals surface area (Å²) < 4.78 is 28.4. The Balaban J connectivity index is 1.54. The first-order chi connectivity index (χ1) is 14.3. The van der Waals surface area contributed by atoms with Crippen LogP contribution in [0.5, 0.6) is 0 Å². The Morgan fingerprint density at radius 3 is 2.60 bits per heavy atom. The van der Waals surface area contributed by atoms with E-state index in [1.165, 1.54) is 11.3 Å². The molecule has 0 bridgehead atoms. The summed E-state index contributed by atoms with van der Waals surface area (Å²) in [6, 6.07) is 12.2. The lowest BCUT2D eigenvalue weighted by molar-refractivity contribution is 0.103. The van der Waals surface area contributed by atoms with Crippen LogP contribution in [0.4, 0.5) is 5.69 Å². The molecule has 1 amide bonds. The number of thiophene rings is 1. The van der Waals surface area contributed by atoms with E-state index in [0.29, 0.717) is 22.1 Å². The smallest absolute Gasteiger partial charge is 0.267 e. The van der Waals surface area contributed by atoms with Gasteiger partial charge in [0, 0.05) is 28.4 Å². The van der Waals surface area contributed by atoms with Crippen molar-refractivity contribution in [3.8, 4) is 0 Å². The fourth-order valence-corrected chi connectivity index (χ4v) is 6.99. The van der Waals surface area contributed by atoms with Crippen LogP contribution < -0.4 is 5.32 Å². The molecule has 0 saturated carbocycles. The maximum Gasteiger partial charge on any atom is 0.267 e. The van der Waals surface area contributed by atoms with Gasteiger partial charge in [0.25, 0.3) is 5.91 Å². The molecule has 2 heterocycles. The third-order valence-electron chi connectivity index (χ3n) is 5.45. The van der Waals surface area contributed by atoms with Gasteiger partial charge in [0.15, 0.2) is 0 Å². The van der Waals surface area contributed by atoms with Crippen molar-refractivity contribution in [2.24, 2.45) is 0 Å². The minimum absolute atomic E-state index is 0.00173. The van der Waals surface area contributed by atoms with E-state index in [9.17, 15) is 13.2 Å². The van der Waals surface area contributed by atoms with Crippen molar-refractivity contribution < 1.29 is 13.2 Å². The number of nitrogens with zero attached hydrogens (tertiary/aromatic N) is 1. The van der Waals surface area contributed by atoms with Crippen LogP contribution in [0.3, 0.4) is 0 Å². The van der Waals surface area contributed by atoms with Crippen molar-refractivity contribution in [2.75, 3.05) is 11.9 Å². The third kappa shape index (κ3) is 3.99. The van der Waals surface area contributed by atoms with Gasteiger partial charge in [0.05, 0.1) is 9.92 Å². The molecule has 0 radical (unpaired) electrons.